The van der Waals surface area contributed by atoms with Crippen molar-refractivity contribution >= 4 is 16.1 Å². The van der Waals surface area contributed by atoms with Gasteiger partial charge >= 0.3 is 6.03 Å². The Kier molecular flexibility index (Phi) is 5.33. The normalized spacial score (nSPS) is 16.4. The number of benzene rings is 1. The molecule has 1 aliphatic rings. The molecule has 1 atom stereocenters. The molecule has 1 aliphatic heterocycles. The van der Waals surface area contributed by atoms with Gasteiger partial charge in [-0.1, -0.05) is 0 Å². The molecule has 1 unspecified atom stereocenters. The van der Waals surface area contributed by atoms with Gasteiger partial charge in [0.05, 0.1) is 24.1 Å². The summed E-state index contributed by atoms with van der Waals surface area (Å²) >= 11 is 0. The van der Waals surface area contributed by atoms with E-state index in [0.29, 0.717) is 11.6 Å². The largest absolute Gasteiger partial charge is 0.497 e. The molecule has 2 amide bonds. The monoisotopic (exact) mass is 394 g/mol. The SMILES string of the molecule is COc1ccc(S(=O)(=O)N2CC(NC(=O)NC(C)c3nncn3C)C2)cc1. The quantitative estimate of drug-likeness (QED) is 0.725. The highest BCUT2D eigenvalue weighted by Gasteiger charge is 2.37. The standard InChI is InChI=1S/C16H22N6O4S/c1-11(15-20-17-10-21(15)2)18-16(23)19-12-8-22(9-12)27(24,25)14-6-4-13(26-3)5-7-14/h4-7,10-12H,8-9H2,1-3H3,(H2,18,19,23). The minimum atomic E-state index is -3.58. The van der Waals surface area contributed by atoms with E-state index in [-0.39, 0.29) is 36.1 Å². The Hall–Kier alpha value is -2.66. The van der Waals surface area contributed by atoms with Gasteiger partial charge in [-0.3, -0.25) is 0 Å². The van der Waals surface area contributed by atoms with Crippen molar-refractivity contribution in [2.24, 2.45) is 7.05 Å². The van der Waals surface area contributed by atoms with Crippen molar-refractivity contribution in [3.05, 3.63) is 36.4 Å². The Morgan fingerprint density at radius 3 is 2.52 bits per heavy atom. The second-order valence-corrected chi connectivity index (χ2v) is 8.27. The second kappa shape index (κ2) is 7.53. The zero-order valence-electron chi connectivity index (χ0n) is 15.3. The molecule has 11 heteroatoms. The number of aryl methyl sites for hydroxylation is 1. The first-order chi connectivity index (χ1) is 12.8. The highest BCUT2D eigenvalue weighted by Crippen LogP contribution is 2.23. The van der Waals surface area contributed by atoms with Crippen LogP contribution in [0.25, 0.3) is 0 Å². The summed E-state index contributed by atoms with van der Waals surface area (Å²) in [5, 5.41) is 13.3. The molecule has 0 radical (unpaired) electrons. The van der Waals surface area contributed by atoms with Crippen LogP contribution in [-0.2, 0) is 17.1 Å². The molecular weight excluding hydrogens is 372 g/mol. The van der Waals surface area contributed by atoms with Gasteiger partial charge in [0.25, 0.3) is 0 Å². The molecule has 0 bridgehead atoms. The fourth-order valence-corrected chi connectivity index (χ4v) is 4.33. The molecule has 146 valence electrons. The van der Waals surface area contributed by atoms with Gasteiger partial charge in [0.2, 0.25) is 10.0 Å². The summed E-state index contributed by atoms with van der Waals surface area (Å²) in [5.74, 6) is 1.22. The van der Waals surface area contributed by atoms with Crippen LogP contribution in [0, 0.1) is 0 Å². The van der Waals surface area contributed by atoms with Crippen LogP contribution < -0.4 is 15.4 Å². The van der Waals surface area contributed by atoms with Crippen LogP contribution in [-0.4, -0.2) is 59.8 Å². The fourth-order valence-electron chi connectivity index (χ4n) is 2.79. The van der Waals surface area contributed by atoms with Gasteiger partial charge in [-0.15, -0.1) is 10.2 Å². The smallest absolute Gasteiger partial charge is 0.315 e. The van der Waals surface area contributed by atoms with Gasteiger partial charge in [-0.2, -0.15) is 4.31 Å². The summed E-state index contributed by atoms with van der Waals surface area (Å²) in [7, 11) is -0.265. The summed E-state index contributed by atoms with van der Waals surface area (Å²) in [6.07, 6.45) is 1.55. The van der Waals surface area contributed by atoms with Crippen LogP contribution in [0.3, 0.4) is 0 Å². The van der Waals surface area contributed by atoms with Gasteiger partial charge in [-0.05, 0) is 31.2 Å². The molecular formula is C16H22N6O4S. The number of hydrogen-bond donors (Lipinski definition) is 2. The number of carbonyl (C=O) groups excluding carboxylic acids is 1. The van der Waals surface area contributed by atoms with Crippen LogP contribution in [0.2, 0.25) is 0 Å². The summed E-state index contributed by atoms with van der Waals surface area (Å²) in [5.41, 5.74) is 0. The van der Waals surface area contributed by atoms with Crippen molar-refractivity contribution in [3.8, 4) is 5.75 Å². The van der Waals surface area contributed by atoms with Crippen molar-refractivity contribution in [2.75, 3.05) is 20.2 Å². The number of ether oxygens (including phenoxy) is 1. The second-order valence-electron chi connectivity index (χ2n) is 6.33. The average molecular weight is 394 g/mol. The molecule has 0 aliphatic carbocycles. The number of methoxy groups -OCH3 is 1. The highest BCUT2D eigenvalue weighted by molar-refractivity contribution is 7.89. The molecule has 1 saturated heterocycles. The molecule has 10 nitrogen and oxygen atoms in total. The van der Waals surface area contributed by atoms with E-state index >= 15 is 0 Å². The summed E-state index contributed by atoms with van der Waals surface area (Å²) in [6.45, 7) is 2.24. The van der Waals surface area contributed by atoms with Crippen molar-refractivity contribution in [3.63, 3.8) is 0 Å². The lowest BCUT2D eigenvalue weighted by molar-refractivity contribution is 0.202. The third-order valence-electron chi connectivity index (χ3n) is 4.36. The van der Waals surface area contributed by atoms with Crippen LogP contribution in [0.15, 0.2) is 35.5 Å². The lowest BCUT2D eigenvalue weighted by Crippen LogP contribution is -2.62. The number of aromatic nitrogens is 3. The number of sulfonamides is 1. The van der Waals surface area contributed by atoms with Crippen molar-refractivity contribution in [2.45, 2.75) is 23.9 Å². The van der Waals surface area contributed by atoms with Crippen LogP contribution in [0.5, 0.6) is 5.75 Å². The van der Waals surface area contributed by atoms with E-state index in [2.05, 4.69) is 20.8 Å². The minimum absolute atomic E-state index is 0.196. The minimum Gasteiger partial charge on any atom is -0.497 e. The number of rotatable bonds is 6. The third kappa shape index (κ3) is 4.03. The first-order valence-corrected chi connectivity index (χ1v) is 9.80. The number of nitrogens with one attached hydrogen (secondary N) is 2. The maximum atomic E-state index is 12.6. The maximum Gasteiger partial charge on any atom is 0.315 e. The van der Waals surface area contributed by atoms with Gasteiger partial charge in [0.15, 0.2) is 5.82 Å². The molecule has 2 N–H and O–H groups in total. The molecule has 0 saturated carbocycles. The highest BCUT2D eigenvalue weighted by atomic mass is 32.2. The summed E-state index contributed by atoms with van der Waals surface area (Å²) < 4.78 is 33.2. The van der Waals surface area contributed by atoms with E-state index in [4.69, 9.17) is 4.74 Å². The van der Waals surface area contributed by atoms with Gasteiger partial charge in [0.1, 0.15) is 12.1 Å². The number of amides is 2. The van der Waals surface area contributed by atoms with Gasteiger partial charge in [0, 0.05) is 20.1 Å². The van der Waals surface area contributed by atoms with Crippen molar-refractivity contribution in [1.82, 2.24) is 29.7 Å². The van der Waals surface area contributed by atoms with Crippen LogP contribution in [0.1, 0.15) is 18.8 Å². The lowest BCUT2D eigenvalue weighted by atomic mass is 10.2. The van der Waals surface area contributed by atoms with Gasteiger partial charge in [-0.25, -0.2) is 13.2 Å². The topological polar surface area (TPSA) is 118 Å². The Bertz CT molecular complexity index is 905. The fraction of sp³-hybridized carbons (Fsp3) is 0.438. The van der Waals surface area contributed by atoms with Crippen LogP contribution in [0.4, 0.5) is 4.79 Å². The molecule has 3 rings (SSSR count). The molecule has 0 spiro atoms. The average Bonchev–Trinajstić information content (AvgIpc) is 3.03. The van der Waals surface area contributed by atoms with E-state index in [0.717, 1.165) is 0 Å². The molecule has 27 heavy (non-hydrogen) atoms. The van der Waals surface area contributed by atoms with E-state index in [1.165, 1.54) is 23.5 Å². The molecule has 1 aromatic carbocycles. The number of urea groups is 1. The van der Waals surface area contributed by atoms with E-state index in [1.54, 1.807) is 37.0 Å². The van der Waals surface area contributed by atoms with Crippen molar-refractivity contribution < 1.29 is 17.9 Å². The lowest BCUT2D eigenvalue weighted by Gasteiger charge is -2.38. The molecule has 1 aromatic heterocycles. The molecule has 2 aromatic rings. The number of hydrogen-bond acceptors (Lipinski definition) is 6. The predicted molar refractivity (Wildman–Crippen MR) is 96.6 cm³/mol. The van der Waals surface area contributed by atoms with E-state index in [9.17, 15) is 13.2 Å². The number of carbonyl (C=O) groups is 1. The summed E-state index contributed by atoms with van der Waals surface area (Å²) in [6, 6.07) is 5.26. The number of nitrogens with zero attached hydrogens (tertiary/aromatic N) is 4. The van der Waals surface area contributed by atoms with Crippen molar-refractivity contribution in [1.29, 1.82) is 0 Å². The first-order valence-electron chi connectivity index (χ1n) is 8.36. The Labute approximate surface area is 157 Å². The maximum absolute atomic E-state index is 12.6. The third-order valence-corrected chi connectivity index (χ3v) is 6.21. The molecule has 2 heterocycles. The predicted octanol–water partition coefficient (Wildman–Crippen LogP) is 0.257. The van der Waals surface area contributed by atoms with Crippen LogP contribution >= 0.6 is 0 Å². The first kappa shape index (κ1) is 19.1. The summed E-state index contributed by atoms with van der Waals surface area (Å²) in [4.78, 5) is 12.3. The van der Waals surface area contributed by atoms with E-state index < -0.39 is 10.0 Å². The van der Waals surface area contributed by atoms with E-state index in [1.807, 2.05) is 0 Å². The Morgan fingerprint density at radius 1 is 1.30 bits per heavy atom. The Morgan fingerprint density at radius 2 is 1.96 bits per heavy atom. The van der Waals surface area contributed by atoms with Gasteiger partial charge < -0.3 is 19.9 Å². The zero-order chi connectivity index (χ0) is 19.6. The molecule has 1 fully saturated rings. The Balaban J connectivity index is 1.51. The zero-order valence-corrected chi connectivity index (χ0v) is 16.1.